The van der Waals surface area contributed by atoms with E-state index in [0.717, 1.165) is 18.4 Å². The number of tetrazole rings is 1. The standard InChI is InChI=1S/C17H22FN5OS/c18-14-8-6-13(7-9-14)10-11-19-16(24)12-25-17-20-21-22-23(17)15-4-2-1-3-5-15/h6-9,15H,1-5,10-12H2,(H,19,24). The molecule has 134 valence electrons. The summed E-state index contributed by atoms with van der Waals surface area (Å²) in [7, 11) is 0. The van der Waals surface area contributed by atoms with Gasteiger partial charge in [0, 0.05) is 6.54 Å². The maximum atomic E-state index is 12.8. The fourth-order valence-corrected chi connectivity index (χ4v) is 3.79. The van der Waals surface area contributed by atoms with Crippen LogP contribution in [-0.4, -0.2) is 38.4 Å². The first-order valence-corrected chi connectivity index (χ1v) is 9.63. The topological polar surface area (TPSA) is 72.7 Å². The lowest BCUT2D eigenvalue weighted by molar-refractivity contribution is -0.118. The highest BCUT2D eigenvalue weighted by molar-refractivity contribution is 7.99. The second-order valence-electron chi connectivity index (χ2n) is 6.21. The Morgan fingerprint density at radius 1 is 1.24 bits per heavy atom. The number of nitrogens with one attached hydrogen (secondary N) is 1. The van der Waals surface area contributed by atoms with Crippen LogP contribution < -0.4 is 5.32 Å². The summed E-state index contributed by atoms with van der Waals surface area (Å²) in [6.45, 7) is 0.526. The molecule has 1 saturated carbocycles. The van der Waals surface area contributed by atoms with Crippen molar-refractivity contribution in [1.29, 1.82) is 0 Å². The molecule has 0 bridgehead atoms. The van der Waals surface area contributed by atoms with Crippen molar-refractivity contribution >= 4 is 17.7 Å². The molecule has 0 spiro atoms. The van der Waals surface area contributed by atoms with Gasteiger partial charge in [0.15, 0.2) is 0 Å². The van der Waals surface area contributed by atoms with Gasteiger partial charge in [0.2, 0.25) is 11.1 Å². The fourth-order valence-electron chi connectivity index (χ4n) is 3.01. The highest BCUT2D eigenvalue weighted by atomic mass is 32.2. The molecule has 1 fully saturated rings. The van der Waals surface area contributed by atoms with Gasteiger partial charge < -0.3 is 5.32 Å². The van der Waals surface area contributed by atoms with E-state index in [0.29, 0.717) is 24.2 Å². The zero-order valence-corrected chi connectivity index (χ0v) is 14.8. The van der Waals surface area contributed by atoms with Crippen molar-refractivity contribution in [3.8, 4) is 0 Å². The summed E-state index contributed by atoms with van der Waals surface area (Å²) in [5.41, 5.74) is 0.996. The number of carbonyl (C=O) groups is 1. The summed E-state index contributed by atoms with van der Waals surface area (Å²) < 4.78 is 14.7. The SMILES string of the molecule is O=C(CSc1nnnn1C1CCCCC1)NCCc1ccc(F)cc1. The molecule has 1 aromatic heterocycles. The number of amides is 1. The molecule has 1 aromatic carbocycles. The van der Waals surface area contributed by atoms with E-state index >= 15 is 0 Å². The van der Waals surface area contributed by atoms with Crippen molar-refractivity contribution < 1.29 is 9.18 Å². The molecule has 6 nitrogen and oxygen atoms in total. The lowest BCUT2D eigenvalue weighted by atomic mass is 9.96. The molecule has 0 unspecified atom stereocenters. The quantitative estimate of drug-likeness (QED) is 0.766. The molecular weight excluding hydrogens is 341 g/mol. The second-order valence-corrected chi connectivity index (χ2v) is 7.16. The molecule has 8 heteroatoms. The van der Waals surface area contributed by atoms with Crippen molar-refractivity contribution in [1.82, 2.24) is 25.5 Å². The molecule has 1 amide bonds. The zero-order chi connectivity index (χ0) is 17.5. The number of thioether (sulfide) groups is 1. The molecule has 1 aliphatic rings. The Hall–Kier alpha value is -1.96. The minimum absolute atomic E-state index is 0.0506. The van der Waals surface area contributed by atoms with Crippen LogP contribution in [0.5, 0.6) is 0 Å². The lowest BCUT2D eigenvalue weighted by Gasteiger charge is -2.21. The number of aromatic nitrogens is 4. The van der Waals surface area contributed by atoms with Gasteiger partial charge in [0.25, 0.3) is 0 Å². The summed E-state index contributed by atoms with van der Waals surface area (Å²) in [5, 5.41) is 15.5. The van der Waals surface area contributed by atoms with Gasteiger partial charge in [-0.1, -0.05) is 43.2 Å². The maximum Gasteiger partial charge on any atom is 0.230 e. The van der Waals surface area contributed by atoms with Crippen LogP contribution in [0.3, 0.4) is 0 Å². The summed E-state index contributed by atoms with van der Waals surface area (Å²) in [6.07, 6.45) is 6.57. The number of carbonyl (C=O) groups excluding carboxylic acids is 1. The second kappa shape index (κ2) is 8.94. The van der Waals surface area contributed by atoms with Crippen molar-refractivity contribution in [2.24, 2.45) is 0 Å². The molecule has 0 saturated heterocycles. The summed E-state index contributed by atoms with van der Waals surface area (Å²) in [5.74, 6) is -0.0126. The maximum absolute atomic E-state index is 12.8. The Balaban J connectivity index is 1.42. The average molecular weight is 363 g/mol. The largest absolute Gasteiger partial charge is 0.355 e. The predicted octanol–water partition coefficient (Wildman–Crippen LogP) is 2.77. The van der Waals surface area contributed by atoms with Gasteiger partial charge in [-0.05, 0) is 47.4 Å². The Labute approximate surface area is 150 Å². The van der Waals surface area contributed by atoms with Gasteiger partial charge in [-0.15, -0.1) is 5.10 Å². The smallest absolute Gasteiger partial charge is 0.230 e. The zero-order valence-electron chi connectivity index (χ0n) is 14.0. The molecule has 0 radical (unpaired) electrons. The van der Waals surface area contributed by atoms with E-state index in [-0.39, 0.29) is 17.5 Å². The van der Waals surface area contributed by atoms with Crippen LogP contribution in [0.25, 0.3) is 0 Å². The van der Waals surface area contributed by atoms with E-state index in [1.807, 2.05) is 4.68 Å². The first-order valence-electron chi connectivity index (χ1n) is 8.64. The lowest BCUT2D eigenvalue weighted by Crippen LogP contribution is -2.27. The third-order valence-corrected chi connectivity index (χ3v) is 5.30. The van der Waals surface area contributed by atoms with Gasteiger partial charge in [-0.3, -0.25) is 4.79 Å². The molecule has 0 aliphatic heterocycles. The molecule has 3 rings (SSSR count). The molecule has 1 N–H and O–H groups in total. The van der Waals surface area contributed by atoms with Crippen molar-refractivity contribution in [3.63, 3.8) is 0 Å². The number of halogens is 1. The van der Waals surface area contributed by atoms with E-state index in [1.165, 1.54) is 43.2 Å². The molecule has 0 atom stereocenters. The van der Waals surface area contributed by atoms with Crippen LogP contribution >= 0.6 is 11.8 Å². The van der Waals surface area contributed by atoms with Crippen LogP contribution in [-0.2, 0) is 11.2 Å². The number of hydrogen-bond acceptors (Lipinski definition) is 5. The first kappa shape index (κ1) is 17.8. The third kappa shape index (κ3) is 5.26. The monoisotopic (exact) mass is 363 g/mol. The van der Waals surface area contributed by atoms with Crippen LogP contribution in [0.1, 0.15) is 43.7 Å². The highest BCUT2D eigenvalue weighted by Crippen LogP contribution is 2.30. The van der Waals surface area contributed by atoms with Gasteiger partial charge >= 0.3 is 0 Å². The van der Waals surface area contributed by atoms with E-state index in [1.54, 1.807) is 12.1 Å². The molecule has 1 heterocycles. The number of rotatable bonds is 7. The number of nitrogens with zero attached hydrogens (tertiary/aromatic N) is 4. The van der Waals surface area contributed by atoms with E-state index in [2.05, 4.69) is 20.8 Å². The normalized spacial score (nSPS) is 15.2. The van der Waals surface area contributed by atoms with Crippen molar-refractivity contribution in [3.05, 3.63) is 35.6 Å². The Morgan fingerprint density at radius 2 is 2.00 bits per heavy atom. The highest BCUT2D eigenvalue weighted by Gasteiger charge is 2.20. The third-order valence-electron chi connectivity index (χ3n) is 4.36. The minimum Gasteiger partial charge on any atom is -0.355 e. The van der Waals surface area contributed by atoms with Crippen molar-refractivity contribution in [2.45, 2.75) is 49.7 Å². The summed E-state index contributed by atoms with van der Waals surface area (Å²) in [4.78, 5) is 12.0. The molecule has 2 aromatic rings. The van der Waals surface area contributed by atoms with Crippen LogP contribution in [0, 0.1) is 5.82 Å². The summed E-state index contributed by atoms with van der Waals surface area (Å²) >= 11 is 1.37. The summed E-state index contributed by atoms with van der Waals surface area (Å²) in [6, 6.07) is 6.67. The van der Waals surface area contributed by atoms with Gasteiger partial charge in [-0.2, -0.15) is 0 Å². The Kier molecular flexibility index (Phi) is 6.38. The van der Waals surface area contributed by atoms with Crippen LogP contribution in [0.2, 0.25) is 0 Å². The van der Waals surface area contributed by atoms with Crippen LogP contribution in [0.15, 0.2) is 29.4 Å². The minimum atomic E-state index is -0.250. The fraction of sp³-hybridized carbons (Fsp3) is 0.529. The van der Waals surface area contributed by atoms with E-state index in [4.69, 9.17) is 0 Å². The number of benzene rings is 1. The van der Waals surface area contributed by atoms with E-state index < -0.39 is 0 Å². The van der Waals surface area contributed by atoms with Gasteiger partial charge in [-0.25, -0.2) is 9.07 Å². The predicted molar refractivity (Wildman–Crippen MR) is 93.8 cm³/mol. The molecule has 25 heavy (non-hydrogen) atoms. The van der Waals surface area contributed by atoms with Gasteiger partial charge in [0.05, 0.1) is 11.8 Å². The van der Waals surface area contributed by atoms with E-state index in [9.17, 15) is 9.18 Å². The molecule has 1 aliphatic carbocycles. The Bertz CT molecular complexity index is 685. The first-order chi connectivity index (χ1) is 12.2. The molecular formula is C17H22FN5OS. The average Bonchev–Trinajstić information content (AvgIpc) is 3.11. The van der Waals surface area contributed by atoms with Crippen LogP contribution in [0.4, 0.5) is 4.39 Å². The van der Waals surface area contributed by atoms with Crippen molar-refractivity contribution in [2.75, 3.05) is 12.3 Å². The number of hydrogen-bond donors (Lipinski definition) is 1. The van der Waals surface area contributed by atoms with Gasteiger partial charge in [0.1, 0.15) is 5.82 Å². The Morgan fingerprint density at radius 3 is 2.76 bits per heavy atom.